The second kappa shape index (κ2) is 8.82. The van der Waals surface area contributed by atoms with E-state index in [4.69, 9.17) is 4.74 Å². The maximum absolute atomic E-state index is 12.0. The lowest BCUT2D eigenvalue weighted by Gasteiger charge is -2.12. The largest absolute Gasteiger partial charge is 0.452 e. The van der Waals surface area contributed by atoms with E-state index in [1.807, 2.05) is 45.3 Å². The molecule has 0 fully saturated rings. The summed E-state index contributed by atoms with van der Waals surface area (Å²) in [6, 6.07) is 11.2. The Morgan fingerprint density at radius 2 is 1.96 bits per heavy atom. The Labute approximate surface area is 147 Å². The molecule has 1 aromatic carbocycles. The summed E-state index contributed by atoms with van der Waals surface area (Å²) in [5, 5.41) is 2.76. The van der Waals surface area contributed by atoms with Crippen LogP contribution in [0.5, 0.6) is 0 Å². The third-order valence-electron chi connectivity index (χ3n) is 3.75. The number of esters is 1. The van der Waals surface area contributed by atoms with Gasteiger partial charge in [0, 0.05) is 26.8 Å². The fourth-order valence-corrected chi connectivity index (χ4v) is 2.28. The number of carbonyl (C=O) groups excluding carboxylic acids is 2. The molecule has 0 aliphatic heterocycles. The molecule has 25 heavy (non-hydrogen) atoms. The fraction of sp³-hybridized carbons (Fsp3) is 0.316. The summed E-state index contributed by atoms with van der Waals surface area (Å²) in [5.41, 5.74) is 2.75. The number of benzene rings is 1. The number of nitrogens with zero attached hydrogens (tertiary/aromatic N) is 2. The number of aryl methyl sites for hydroxylation is 1. The van der Waals surface area contributed by atoms with Crippen molar-refractivity contribution in [2.75, 3.05) is 32.1 Å². The Hall–Kier alpha value is -2.89. The van der Waals surface area contributed by atoms with Gasteiger partial charge in [0.1, 0.15) is 5.82 Å². The highest BCUT2D eigenvalue weighted by atomic mass is 16.5. The molecule has 2 aromatic rings. The molecular formula is C19H23N3O3. The van der Waals surface area contributed by atoms with E-state index >= 15 is 0 Å². The molecule has 0 radical (unpaired) electrons. The molecule has 0 spiro atoms. The van der Waals surface area contributed by atoms with Crippen LogP contribution in [-0.2, 0) is 16.0 Å². The van der Waals surface area contributed by atoms with Gasteiger partial charge in [-0.15, -0.1) is 0 Å². The van der Waals surface area contributed by atoms with Gasteiger partial charge >= 0.3 is 5.97 Å². The van der Waals surface area contributed by atoms with Crippen LogP contribution in [0.25, 0.3) is 0 Å². The van der Waals surface area contributed by atoms with Crippen molar-refractivity contribution < 1.29 is 14.3 Å². The van der Waals surface area contributed by atoms with Crippen LogP contribution >= 0.6 is 0 Å². The first kappa shape index (κ1) is 18.4. The predicted octanol–water partition coefficient (Wildman–Crippen LogP) is 1.97. The van der Waals surface area contributed by atoms with Crippen molar-refractivity contribution in [3.63, 3.8) is 0 Å². The predicted molar refractivity (Wildman–Crippen MR) is 96.7 cm³/mol. The minimum atomic E-state index is -0.542. The van der Waals surface area contributed by atoms with Crippen LogP contribution in [0.3, 0.4) is 0 Å². The summed E-state index contributed by atoms with van der Waals surface area (Å²) in [6.07, 6.45) is 2.27. The topological polar surface area (TPSA) is 71.5 Å². The molecule has 0 aliphatic rings. The van der Waals surface area contributed by atoms with Crippen molar-refractivity contribution in [1.82, 2.24) is 10.3 Å². The van der Waals surface area contributed by atoms with Gasteiger partial charge in [-0.2, -0.15) is 0 Å². The van der Waals surface area contributed by atoms with E-state index in [1.165, 1.54) is 17.3 Å². The van der Waals surface area contributed by atoms with E-state index in [0.717, 1.165) is 6.42 Å². The number of anilines is 1. The van der Waals surface area contributed by atoms with Gasteiger partial charge in [-0.25, -0.2) is 9.78 Å². The molecular weight excluding hydrogens is 318 g/mol. The Morgan fingerprint density at radius 3 is 2.68 bits per heavy atom. The smallest absolute Gasteiger partial charge is 0.338 e. The second-order valence-corrected chi connectivity index (χ2v) is 5.90. The maximum Gasteiger partial charge on any atom is 0.338 e. The first-order chi connectivity index (χ1) is 12.0. The molecule has 6 nitrogen and oxygen atoms in total. The number of carbonyl (C=O) groups is 2. The molecule has 1 N–H and O–H groups in total. The maximum atomic E-state index is 12.0. The van der Waals surface area contributed by atoms with Crippen molar-refractivity contribution in [2.24, 2.45) is 0 Å². The average Bonchev–Trinajstić information content (AvgIpc) is 2.61. The van der Waals surface area contributed by atoms with Crippen LogP contribution in [0.15, 0.2) is 42.6 Å². The summed E-state index contributed by atoms with van der Waals surface area (Å²) >= 11 is 0. The van der Waals surface area contributed by atoms with Crippen LogP contribution in [0, 0.1) is 6.92 Å². The number of aromatic nitrogens is 1. The molecule has 0 unspecified atom stereocenters. The molecule has 1 heterocycles. The monoisotopic (exact) mass is 341 g/mol. The van der Waals surface area contributed by atoms with Crippen molar-refractivity contribution in [2.45, 2.75) is 13.3 Å². The molecule has 0 saturated heterocycles. The number of ether oxygens (including phenoxy) is 1. The van der Waals surface area contributed by atoms with Gasteiger partial charge in [-0.05, 0) is 36.6 Å². The Bertz CT molecular complexity index is 744. The van der Waals surface area contributed by atoms with Gasteiger partial charge in [-0.1, -0.05) is 24.3 Å². The van der Waals surface area contributed by atoms with Gasteiger partial charge in [0.05, 0.1) is 5.56 Å². The molecule has 1 amide bonds. The Kier molecular flexibility index (Phi) is 6.51. The van der Waals surface area contributed by atoms with Crippen molar-refractivity contribution >= 4 is 17.7 Å². The summed E-state index contributed by atoms with van der Waals surface area (Å²) in [7, 11) is 3.67. The lowest BCUT2D eigenvalue weighted by atomic mass is 10.1. The minimum absolute atomic E-state index is 0.299. The summed E-state index contributed by atoms with van der Waals surface area (Å²) in [6.45, 7) is 2.24. The molecule has 2 rings (SSSR count). The van der Waals surface area contributed by atoms with Gasteiger partial charge in [0.15, 0.2) is 6.61 Å². The number of rotatable bonds is 7. The highest BCUT2D eigenvalue weighted by molar-refractivity contribution is 5.91. The highest BCUT2D eigenvalue weighted by Gasteiger charge is 2.11. The van der Waals surface area contributed by atoms with Gasteiger partial charge < -0.3 is 15.0 Å². The highest BCUT2D eigenvalue weighted by Crippen LogP contribution is 2.10. The lowest BCUT2D eigenvalue weighted by Crippen LogP contribution is -2.30. The Morgan fingerprint density at radius 1 is 1.20 bits per heavy atom. The minimum Gasteiger partial charge on any atom is -0.452 e. The SMILES string of the molecule is Cc1ccccc1CCNC(=O)COC(=O)c1ccnc(N(C)C)c1. The zero-order chi connectivity index (χ0) is 18.2. The zero-order valence-electron chi connectivity index (χ0n) is 14.8. The van der Waals surface area contributed by atoms with Crippen LogP contribution in [0.1, 0.15) is 21.5 Å². The van der Waals surface area contributed by atoms with E-state index in [9.17, 15) is 9.59 Å². The standard InChI is InChI=1S/C19H23N3O3/c1-14-6-4-5-7-15(14)8-11-21-18(23)13-25-19(24)16-9-10-20-17(12-16)22(2)3/h4-7,9-10,12H,8,11,13H2,1-3H3,(H,21,23). The van der Waals surface area contributed by atoms with E-state index in [2.05, 4.69) is 10.3 Å². The van der Waals surface area contributed by atoms with Crippen molar-refractivity contribution in [3.05, 3.63) is 59.3 Å². The van der Waals surface area contributed by atoms with E-state index in [1.54, 1.807) is 17.0 Å². The van der Waals surface area contributed by atoms with E-state index < -0.39 is 5.97 Å². The number of pyridine rings is 1. The quantitative estimate of drug-likeness (QED) is 0.780. The van der Waals surface area contributed by atoms with Crippen molar-refractivity contribution in [1.29, 1.82) is 0 Å². The number of amides is 1. The number of hydrogen-bond acceptors (Lipinski definition) is 5. The first-order valence-corrected chi connectivity index (χ1v) is 8.09. The molecule has 132 valence electrons. The third-order valence-corrected chi connectivity index (χ3v) is 3.75. The van der Waals surface area contributed by atoms with Crippen molar-refractivity contribution in [3.8, 4) is 0 Å². The molecule has 0 bridgehead atoms. The fourth-order valence-electron chi connectivity index (χ4n) is 2.28. The second-order valence-electron chi connectivity index (χ2n) is 5.90. The normalized spacial score (nSPS) is 10.2. The van der Waals surface area contributed by atoms with Gasteiger partial charge in [0.25, 0.3) is 5.91 Å². The van der Waals surface area contributed by atoms with Crippen LogP contribution in [0.4, 0.5) is 5.82 Å². The zero-order valence-corrected chi connectivity index (χ0v) is 14.8. The summed E-state index contributed by atoms with van der Waals surface area (Å²) in [4.78, 5) is 29.8. The number of nitrogens with one attached hydrogen (secondary N) is 1. The molecule has 0 saturated carbocycles. The molecule has 6 heteroatoms. The summed E-state index contributed by atoms with van der Waals surface area (Å²) in [5.74, 6) is -0.208. The lowest BCUT2D eigenvalue weighted by molar-refractivity contribution is -0.124. The van der Waals surface area contributed by atoms with Crippen LogP contribution in [-0.4, -0.2) is 44.1 Å². The summed E-state index contributed by atoms with van der Waals surface area (Å²) < 4.78 is 5.05. The van der Waals surface area contributed by atoms with E-state index in [0.29, 0.717) is 17.9 Å². The average molecular weight is 341 g/mol. The molecule has 0 aliphatic carbocycles. The molecule has 1 aromatic heterocycles. The van der Waals surface area contributed by atoms with E-state index in [-0.39, 0.29) is 12.5 Å². The molecule has 0 atom stereocenters. The number of hydrogen-bond donors (Lipinski definition) is 1. The van der Waals surface area contributed by atoms with Crippen LogP contribution in [0.2, 0.25) is 0 Å². The van der Waals surface area contributed by atoms with Gasteiger partial charge in [-0.3, -0.25) is 4.79 Å². The third kappa shape index (κ3) is 5.60. The van der Waals surface area contributed by atoms with Gasteiger partial charge in [0.2, 0.25) is 0 Å². The van der Waals surface area contributed by atoms with Crippen LogP contribution < -0.4 is 10.2 Å². The Balaban J connectivity index is 1.77. The first-order valence-electron chi connectivity index (χ1n) is 8.09.